The molecule has 2 aromatic heterocycles. The third kappa shape index (κ3) is 2.97. The van der Waals surface area contributed by atoms with E-state index in [-0.39, 0.29) is 6.04 Å². The number of hydrogen-bond donors (Lipinski definition) is 1. The Hall–Kier alpha value is -1.92. The fourth-order valence-electron chi connectivity index (χ4n) is 1.80. The number of pyridine rings is 1. The molecule has 0 saturated carbocycles. The lowest BCUT2D eigenvalue weighted by Gasteiger charge is -2.17. The van der Waals surface area contributed by atoms with E-state index in [2.05, 4.69) is 20.3 Å². The smallest absolute Gasteiger partial charge is 0.240 e. The first-order chi connectivity index (χ1) is 9.69. The van der Waals surface area contributed by atoms with Gasteiger partial charge < -0.3 is 14.8 Å². The van der Waals surface area contributed by atoms with Crippen LogP contribution in [0.25, 0.3) is 0 Å². The Kier molecular flexibility index (Phi) is 4.70. The van der Waals surface area contributed by atoms with Crippen LogP contribution in [0.5, 0.6) is 11.8 Å². The molecule has 0 amide bonds. The van der Waals surface area contributed by atoms with Crippen molar-refractivity contribution in [2.75, 3.05) is 21.3 Å². The van der Waals surface area contributed by atoms with Crippen molar-refractivity contribution >= 4 is 11.6 Å². The van der Waals surface area contributed by atoms with Crippen molar-refractivity contribution in [1.29, 1.82) is 0 Å². The standard InChI is InChI=1S/C13H15ClN4O2/c1-15-11(9-5-4-8(14)6-16-9)12-13(20-3)18-10(19-2)7-17-12/h4-7,11,15H,1-3H3. The highest BCUT2D eigenvalue weighted by Gasteiger charge is 2.21. The fraction of sp³-hybridized carbons (Fsp3) is 0.308. The Morgan fingerprint density at radius 1 is 1.15 bits per heavy atom. The highest BCUT2D eigenvalue weighted by molar-refractivity contribution is 6.30. The van der Waals surface area contributed by atoms with Gasteiger partial charge >= 0.3 is 0 Å². The zero-order valence-corrected chi connectivity index (χ0v) is 12.2. The van der Waals surface area contributed by atoms with Crippen LogP contribution in [0.15, 0.2) is 24.5 Å². The van der Waals surface area contributed by atoms with Crippen LogP contribution < -0.4 is 14.8 Å². The maximum atomic E-state index is 5.85. The van der Waals surface area contributed by atoms with Gasteiger partial charge in [-0.05, 0) is 19.2 Å². The summed E-state index contributed by atoms with van der Waals surface area (Å²) in [5.41, 5.74) is 1.40. The molecule has 1 unspecified atom stereocenters. The molecule has 6 nitrogen and oxygen atoms in total. The van der Waals surface area contributed by atoms with Gasteiger partial charge in [0, 0.05) is 6.20 Å². The van der Waals surface area contributed by atoms with Gasteiger partial charge in [-0.25, -0.2) is 4.98 Å². The van der Waals surface area contributed by atoms with Gasteiger partial charge in [0.2, 0.25) is 11.8 Å². The molecular formula is C13H15ClN4O2. The maximum absolute atomic E-state index is 5.85. The molecular weight excluding hydrogens is 280 g/mol. The summed E-state index contributed by atoms with van der Waals surface area (Å²) in [4.78, 5) is 12.9. The highest BCUT2D eigenvalue weighted by atomic mass is 35.5. The van der Waals surface area contributed by atoms with Gasteiger partial charge in [0.25, 0.3) is 0 Å². The second-order valence-electron chi connectivity index (χ2n) is 3.93. The van der Waals surface area contributed by atoms with Crippen LogP contribution in [-0.4, -0.2) is 36.2 Å². The van der Waals surface area contributed by atoms with Crippen molar-refractivity contribution in [3.8, 4) is 11.8 Å². The van der Waals surface area contributed by atoms with Crippen LogP contribution in [0, 0.1) is 0 Å². The first-order valence-corrected chi connectivity index (χ1v) is 6.31. The second-order valence-corrected chi connectivity index (χ2v) is 4.37. The summed E-state index contributed by atoms with van der Waals surface area (Å²) < 4.78 is 10.3. The SMILES string of the molecule is CNC(c1ccc(Cl)cn1)c1ncc(OC)nc1OC. The molecule has 7 heteroatoms. The first kappa shape index (κ1) is 14.5. The fourth-order valence-corrected chi connectivity index (χ4v) is 1.91. The van der Waals surface area contributed by atoms with Crippen LogP contribution in [0.4, 0.5) is 0 Å². The molecule has 0 radical (unpaired) electrons. The van der Waals surface area contributed by atoms with E-state index in [4.69, 9.17) is 21.1 Å². The quantitative estimate of drug-likeness (QED) is 0.907. The number of aromatic nitrogens is 3. The van der Waals surface area contributed by atoms with E-state index in [0.29, 0.717) is 22.5 Å². The lowest BCUT2D eigenvalue weighted by Crippen LogP contribution is -2.21. The summed E-state index contributed by atoms with van der Waals surface area (Å²) in [5.74, 6) is 0.782. The Labute approximate surface area is 122 Å². The van der Waals surface area contributed by atoms with E-state index in [1.807, 2.05) is 13.1 Å². The van der Waals surface area contributed by atoms with Gasteiger partial charge in [-0.1, -0.05) is 11.6 Å². The summed E-state index contributed by atoms with van der Waals surface area (Å²) in [6.07, 6.45) is 3.13. The number of halogens is 1. The number of nitrogens with one attached hydrogen (secondary N) is 1. The topological polar surface area (TPSA) is 69.2 Å². The van der Waals surface area contributed by atoms with E-state index in [1.54, 1.807) is 12.3 Å². The van der Waals surface area contributed by atoms with Crippen LogP contribution in [-0.2, 0) is 0 Å². The molecule has 106 valence electrons. The van der Waals surface area contributed by atoms with Crippen molar-refractivity contribution in [3.05, 3.63) is 40.9 Å². The van der Waals surface area contributed by atoms with Crippen LogP contribution in [0.2, 0.25) is 5.02 Å². The summed E-state index contributed by atoms with van der Waals surface area (Å²) in [7, 11) is 4.88. The number of methoxy groups -OCH3 is 2. The average Bonchev–Trinajstić information content (AvgIpc) is 2.50. The third-order valence-electron chi connectivity index (χ3n) is 2.76. The molecule has 0 aliphatic rings. The van der Waals surface area contributed by atoms with E-state index < -0.39 is 0 Å². The van der Waals surface area contributed by atoms with Crippen LogP contribution >= 0.6 is 11.6 Å². The molecule has 2 aromatic rings. The van der Waals surface area contributed by atoms with Gasteiger partial charge in [0.05, 0.1) is 37.2 Å². The second kappa shape index (κ2) is 6.49. The molecule has 2 heterocycles. The lowest BCUT2D eigenvalue weighted by atomic mass is 10.1. The Morgan fingerprint density at radius 2 is 1.95 bits per heavy atom. The van der Waals surface area contributed by atoms with E-state index in [1.165, 1.54) is 20.4 Å². The van der Waals surface area contributed by atoms with Gasteiger partial charge in [-0.2, -0.15) is 4.98 Å². The molecule has 0 spiro atoms. The highest BCUT2D eigenvalue weighted by Crippen LogP contribution is 2.27. The number of rotatable bonds is 5. The van der Waals surface area contributed by atoms with E-state index >= 15 is 0 Å². The summed E-state index contributed by atoms with van der Waals surface area (Å²) in [6, 6.07) is 3.35. The van der Waals surface area contributed by atoms with Crippen molar-refractivity contribution in [1.82, 2.24) is 20.3 Å². The molecule has 0 bridgehead atoms. The lowest BCUT2D eigenvalue weighted by molar-refractivity contribution is 0.353. The molecule has 0 saturated heterocycles. The van der Waals surface area contributed by atoms with Crippen LogP contribution in [0.1, 0.15) is 17.4 Å². The van der Waals surface area contributed by atoms with Gasteiger partial charge in [-0.15, -0.1) is 0 Å². The Morgan fingerprint density at radius 3 is 2.50 bits per heavy atom. The van der Waals surface area contributed by atoms with E-state index in [9.17, 15) is 0 Å². The minimum absolute atomic E-state index is 0.249. The monoisotopic (exact) mass is 294 g/mol. The molecule has 0 aliphatic heterocycles. The zero-order chi connectivity index (χ0) is 14.5. The predicted octanol–water partition coefficient (Wildman–Crippen LogP) is 1.85. The van der Waals surface area contributed by atoms with Gasteiger partial charge in [0.15, 0.2) is 0 Å². The summed E-state index contributed by atoms with van der Waals surface area (Å²) in [5, 5.41) is 3.72. The van der Waals surface area contributed by atoms with Crippen molar-refractivity contribution < 1.29 is 9.47 Å². The number of ether oxygens (including phenoxy) is 2. The molecule has 1 N–H and O–H groups in total. The molecule has 2 rings (SSSR count). The molecule has 0 fully saturated rings. The first-order valence-electron chi connectivity index (χ1n) is 5.93. The molecule has 0 aliphatic carbocycles. The Bertz CT molecular complexity index is 577. The molecule has 1 atom stereocenters. The Balaban J connectivity index is 2.43. The third-order valence-corrected chi connectivity index (χ3v) is 2.98. The van der Waals surface area contributed by atoms with Gasteiger partial charge in [-0.3, -0.25) is 4.98 Å². The normalized spacial score (nSPS) is 12.0. The minimum Gasteiger partial charge on any atom is -0.480 e. The molecule has 0 aromatic carbocycles. The average molecular weight is 295 g/mol. The van der Waals surface area contributed by atoms with E-state index in [0.717, 1.165) is 5.69 Å². The largest absolute Gasteiger partial charge is 0.480 e. The maximum Gasteiger partial charge on any atom is 0.240 e. The summed E-state index contributed by atoms with van der Waals surface area (Å²) >= 11 is 5.85. The van der Waals surface area contributed by atoms with Crippen molar-refractivity contribution in [2.24, 2.45) is 0 Å². The van der Waals surface area contributed by atoms with Crippen molar-refractivity contribution in [2.45, 2.75) is 6.04 Å². The minimum atomic E-state index is -0.249. The number of nitrogens with zero attached hydrogens (tertiary/aromatic N) is 3. The predicted molar refractivity (Wildman–Crippen MR) is 75.3 cm³/mol. The summed E-state index contributed by atoms with van der Waals surface area (Å²) in [6.45, 7) is 0. The van der Waals surface area contributed by atoms with Crippen LogP contribution in [0.3, 0.4) is 0 Å². The number of hydrogen-bond acceptors (Lipinski definition) is 6. The zero-order valence-electron chi connectivity index (χ0n) is 11.4. The van der Waals surface area contributed by atoms with Gasteiger partial charge in [0.1, 0.15) is 5.69 Å². The van der Waals surface area contributed by atoms with Crippen molar-refractivity contribution in [3.63, 3.8) is 0 Å². The molecule has 20 heavy (non-hydrogen) atoms.